The van der Waals surface area contributed by atoms with Crippen LogP contribution in [0.5, 0.6) is 0 Å². The Labute approximate surface area is 113 Å². The second-order valence-corrected chi connectivity index (χ2v) is 5.86. The number of aliphatic hydroxyl groups is 1. The highest BCUT2D eigenvalue weighted by Gasteiger charge is 2.20. The van der Waals surface area contributed by atoms with Crippen molar-refractivity contribution < 1.29 is 9.84 Å². The maximum atomic E-state index is 10.0. The van der Waals surface area contributed by atoms with Gasteiger partial charge < -0.3 is 9.84 Å². The topological polar surface area (TPSA) is 60.2 Å². The maximum Gasteiger partial charge on any atom is 0.243 e. The summed E-state index contributed by atoms with van der Waals surface area (Å²) in [7, 11) is 0. The molecule has 0 saturated heterocycles. The highest BCUT2D eigenvalue weighted by molar-refractivity contribution is 14.1. The van der Waals surface area contributed by atoms with E-state index in [0.29, 0.717) is 5.65 Å². The molecule has 0 bridgehead atoms. The van der Waals surface area contributed by atoms with Crippen LogP contribution in [0.15, 0.2) is 18.7 Å². The van der Waals surface area contributed by atoms with Crippen LogP contribution in [-0.2, 0) is 4.74 Å². The van der Waals surface area contributed by atoms with E-state index in [4.69, 9.17) is 4.74 Å². The van der Waals surface area contributed by atoms with Crippen molar-refractivity contribution in [1.82, 2.24) is 14.5 Å². The highest BCUT2D eigenvalue weighted by atomic mass is 127. The summed E-state index contributed by atoms with van der Waals surface area (Å²) in [4.78, 5) is 8.13. The zero-order valence-electron chi connectivity index (χ0n) is 9.88. The summed E-state index contributed by atoms with van der Waals surface area (Å²) in [6.45, 7) is 5.67. The molecule has 1 unspecified atom stereocenters. The van der Waals surface area contributed by atoms with E-state index in [1.807, 2.05) is 20.8 Å². The van der Waals surface area contributed by atoms with Crippen LogP contribution in [0, 0.1) is 3.57 Å². The average Bonchev–Trinajstić information content (AvgIpc) is 2.55. The first-order valence-corrected chi connectivity index (χ1v) is 6.28. The van der Waals surface area contributed by atoms with Gasteiger partial charge in [0.2, 0.25) is 6.41 Å². The van der Waals surface area contributed by atoms with Gasteiger partial charge in [-0.3, -0.25) is 4.57 Å². The van der Waals surface area contributed by atoms with Crippen molar-refractivity contribution in [3.05, 3.63) is 22.3 Å². The summed E-state index contributed by atoms with van der Waals surface area (Å²) in [6.07, 6.45) is 3.94. The van der Waals surface area contributed by atoms with Gasteiger partial charge in [0.25, 0.3) is 0 Å². The van der Waals surface area contributed by atoms with Gasteiger partial charge in [-0.05, 0) is 43.4 Å². The molecule has 0 aliphatic carbocycles. The van der Waals surface area contributed by atoms with Crippen LogP contribution in [0.3, 0.4) is 0 Å². The quantitative estimate of drug-likeness (QED) is 0.669. The van der Waals surface area contributed by atoms with Gasteiger partial charge in [0.05, 0.1) is 11.0 Å². The molecule has 0 spiro atoms. The van der Waals surface area contributed by atoms with Crippen LogP contribution in [0.4, 0.5) is 0 Å². The zero-order valence-corrected chi connectivity index (χ0v) is 12.0. The Kier molecular flexibility index (Phi) is 3.37. The van der Waals surface area contributed by atoms with Crippen LogP contribution >= 0.6 is 22.6 Å². The highest BCUT2D eigenvalue weighted by Crippen LogP contribution is 2.25. The Morgan fingerprint density at radius 3 is 2.82 bits per heavy atom. The molecule has 5 nitrogen and oxygen atoms in total. The van der Waals surface area contributed by atoms with E-state index in [1.54, 1.807) is 17.0 Å². The molecule has 2 heterocycles. The number of ether oxygens (including phenoxy) is 1. The largest absolute Gasteiger partial charge is 0.351 e. The first-order valence-electron chi connectivity index (χ1n) is 5.20. The van der Waals surface area contributed by atoms with Crippen molar-refractivity contribution in [3.8, 4) is 0 Å². The summed E-state index contributed by atoms with van der Waals surface area (Å²) in [5, 5.41) is 11.0. The summed E-state index contributed by atoms with van der Waals surface area (Å²) >= 11 is 2.18. The Morgan fingerprint density at radius 2 is 2.18 bits per heavy atom. The third-order valence-corrected chi connectivity index (χ3v) is 3.00. The van der Waals surface area contributed by atoms with Crippen molar-refractivity contribution in [3.63, 3.8) is 0 Å². The maximum absolute atomic E-state index is 10.0. The predicted octanol–water partition coefficient (Wildman–Crippen LogP) is 2.30. The van der Waals surface area contributed by atoms with Crippen LogP contribution in [-0.4, -0.2) is 25.2 Å². The number of halogens is 1. The van der Waals surface area contributed by atoms with E-state index in [2.05, 4.69) is 32.6 Å². The van der Waals surface area contributed by atoms with E-state index in [-0.39, 0.29) is 0 Å². The minimum Gasteiger partial charge on any atom is -0.351 e. The normalized spacial score (nSPS) is 14.2. The molecule has 0 aliphatic heterocycles. The van der Waals surface area contributed by atoms with Gasteiger partial charge in [-0.1, -0.05) is 0 Å². The molecule has 2 aromatic rings. The number of hydrogen-bond donors (Lipinski definition) is 1. The molecule has 0 saturated carbocycles. The smallest absolute Gasteiger partial charge is 0.243 e. The third kappa shape index (κ3) is 2.75. The van der Waals surface area contributed by atoms with Gasteiger partial charge in [0.1, 0.15) is 12.0 Å². The van der Waals surface area contributed by atoms with Gasteiger partial charge in [-0.2, -0.15) is 0 Å². The number of nitrogens with zero attached hydrogens (tertiary/aromatic N) is 3. The summed E-state index contributed by atoms with van der Waals surface area (Å²) in [5.41, 5.74) is 0.246. The monoisotopic (exact) mass is 347 g/mol. The molecule has 1 N–H and O–H groups in total. The second-order valence-electron chi connectivity index (χ2n) is 4.70. The fourth-order valence-electron chi connectivity index (χ4n) is 1.49. The lowest BCUT2D eigenvalue weighted by atomic mass is 10.2. The standard InChI is InChI=1S/C11H14IN3O2/c1-11(2,3)17-10(16)15-5-8(12)7-4-13-6-14-9(7)15/h4-6,10,16H,1-3H3. The number of aromatic nitrogens is 3. The van der Waals surface area contributed by atoms with Crippen LogP contribution in [0.1, 0.15) is 27.2 Å². The van der Waals surface area contributed by atoms with Crippen LogP contribution < -0.4 is 0 Å². The molecule has 0 radical (unpaired) electrons. The molecule has 17 heavy (non-hydrogen) atoms. The average molecular weight is 347 g/mol. The minimum atomic E-state index is -1.05. The Morgan fingerprint density at radius 1 is 1.47 bits per heavy atom. The van der Waals surface area contributed by atoms with Crippen molar-refractivity contribution in [2.24, 2.45) is 0 Å². The number of aliphatic hydroxyl groups excluding tert-OH is 1. The molecular formula is C11H14IN3O2. The summed E-state index contributed by atoms with van der Waals surface area (Å²) in [5.74, 6) is 0. The Hall–Kier alpha value is -0.730. The first-order chi connectivity index (χ1) is 7.88. The van der Waals surface area contributed by atoms with Crippen LogP contribution in [0.2, 0.25) is 0 Å². The third-order valence-electron chi connectivity index (χ3n) is 2.14. The Balaban J connectivity index is 2.42. The van der Waals surface area contributed by atoms with E-state index in [0.717, 1.165) is 8.96 Å². The predicted molar refractivity (Wildman–Crippen MR) is 72.3 cm³/mol. The number of fused-ring (bicyclic) bond motifs is 1. The summed E-state index contributed by atoms with van der Waals surface area (Å²) < 4.78 is 8.08. The number of hydrogen-bond acceptors (Lipinski definition) is 4. The van der Waals surface area contributed by atoms with Crippen molar-refractivity contribution >= 4 is 33.6 Å². The SMILES string of the molecule is CC(C)(C)OC(O)n1cc(I)c2cncnc21. The number of rotatable bonds is 2. The first kappa shape index (κ1) is 12.7. The van der Waals surface area contributed by atoms with Gasteiger partial charge in [0, 0.05) is 16.0 Å². The molecule has 92 valence electrons. The fraction of sp³-hybridized carbons (Fsp3) is 0.455. The molecule has 0 amide bonds. The van der Waals surface area contributed by atoms with Gasteiger partial charge in [-0.25, -0.2) is 9.97 Å². The lowest BCUT2D eigenvalue weighted by molar-refractivity contribution is -0.208. The Bertz CT molecular complexity index is 533. The van der Waals surface area contributed by atoms with Gasteiger partial charge in [-0.15, -0.1) is 0 Å². The zero-order chi connectivity index (χ0) is 12.6. The van der Waals surface area contributed by atoms with E-state index in [9.17, 15) is 5.11 Å². The molecule has 1 atom stereocenters. The summed E-state index contributed by atoms with van der Waals surface area (Å²) in [6, 6.07) is 0. The molecule has 2 aromatic heterocycles. The van der Waals surface area contributed by atoms with Crippen molar-refractivity contribution in [1.29, 1.82) is 0 Å². The molecule has 0 aliphatic rings. The lowest BCUT2D eigenvalue weighted by Gasteiger charge is -2.24. The minimum absolute atomic E-state index is 0.422. The van der Waals surface area contributed by atoms with Crippen LogP contribution in [0.25, 0.3) is 11.0 Å². The van der Waals surface area contributed by atoms with Gasteiger partial charge in [0.15, 0.2) is 0 Å². The van der Waals surface area contributed by atoms with Gasteiger partial charge >= 0.3 is 0 Å². The van der Waals surface area contributed by atoms with E-state index < -0.39 is 12.0 Å². The molecule has 0 fully saturated rings. The van der Waals surface area contributed by atoms with E-state index in [1.165, 1.54) is 6.33 Å². The molecule has 2 rings (SSSR count). The van der Waals surface area contributed by atoms with Crippen molar-refractivity contribution in [2.45, 2.75) is 32.8 Å². The second kappa shape index (κ2) is 4.51. The van der Waals surface area contributed by atoms with E-state index >= 15 is 0 Å². The molecule has 0 aromatic carbocycles. The lowest BCUT2D eigenvalue weighted by Crippen LogP contribution is -2.25. The fourth-order valence-corrected chi connectivity index (χ4v) is 2.17. The van der Waals surface area contributed by atoms with Crippen molar-refractivity contribution in [2.75, 3.05) is 0 Å². The molecular weight excluding hydrogens is 333 g/mol. The molecule has 6 heteroatoms.